The fourth-order valence-corrected chi connectivity index (χ4v) is 3.46. The molecule has 0 aliphatic heterocycles. The van der Waals surface area contributed by atoms with Gasteiger partial charge in [-0.2, -0.15) is 11.3 Å². The van der Waals surface area contributed by atoms with Gasteiger partial charge in [-0.15, -0.1) is 0 Å². The van der Waals surface area contributed by atoms with Crippen LogP contribution < -0.4 is 16.0 Å². The lowest BCUT2D eigenvalue weighted by atomic mass is 10.3. The van der Waals surface area contributed by atoms with Gasteiger partial charge in [0.2, 0.25) is 10.0 Å². The van der Waals surface area contributed by atoms with E-state index in [0.717, 1.165) is 23.8 Å². The van der Waals surface area contributed by atoms with E-state index in [-0.39, 0.29) is 22.8 Å². The van der Waals surface area contributed by atoms with Gasteiger partial charge in [0.1, 0.15) is 4.90 Å². The number of rotatable bonds is 6. The van der Waals surface area contributed by atoms with E-state index < -0.39 is 14.9 Å². The van der Waals surface area contributed by atoms with E-state index in [1.54, 1.807) is 6.07 Å². The lowest BCUT2D eigenvalue weighted by molar-refractivity contribution is -0.384. The Bertz CT molecular complexity index is 744. The maximum Gasteiger partial charge on any atom is 0.271 e. The predicted molar refractivity (Wildman–Crippen MR) is 79.3 cm³/mol. The van der Waals surface area contributed by atoms with Crippen molar-refractivity contribution in [2.75, 3.05) is 5.43 Å². The van der Waals surface area contributed by atoms with Crippen molar-refractivity contribution in [2.24, 2.45) is 5.84 Å². The molecule has 0 saturated heterocycles. The standard InChI is InChI=1S/C11H12N4O4S2/c12-14-10-5-9(15(16)17)1-2-11(10)21(18,19)13-6-8-3-4-20-7-8/h1-5,7,13-14H,6,12H2. The summed E-state index contributed by atoms with van der Waals surface area (Å²) in [6.45, 7) is 0.132. The average Bonchev–Trinajstić information content (AvgIpc) is 2.97. The van der Waals surface area contributed by atoms with Gasteiger partial charge in [-0.25, -0.2) is 13.1 Å². The summed E-state index contributed by atoms with van der Waals surface area (Å²) >= 11 is 1.46. The van der Waals surface area contributed by atoms with Crippen LogP contribution in [0.15, 0.2) is 39.9 Å². The molecular weight excluding hydrogens is 316 g/mol. The summed E-state index contributed by atoms with van der Waals surface area (Å²) in [6, 6.07) is 5.12. The zero-order valence-electron chi connectivity index (χ0n) is 10.6. The summed E-state index contributed by atoms with van der Waals surface area (Å²) in [5.74, 6) is 5.24. The van der Waals surface area contributed by atoms with Gasteiger partial charge in [0.15, 0.2) is 0 Å². The Hall–Kier alpha value is -2.01. The van der Waals surface area contributed by atoms with Gasteiger partial charge in [0.25, 0.3) is 5.69 Å². The number of nitro groups is 1. The van der Waals surface area contributed by atoms with Gasteiger partial charge in [-0.1, -0.05) is 0 Å². The minimum absolute atomic E-state index is 0.0398. The quantitative estimate of drug-likeness (QED) is 0.418. The number of sulfonamides is 1. The number of non-ortho nitro benzene ring substituents is 1. The fourth-order valence-electron chi connectivity index (χ4n) is 1.63. The second-order valence-corrected chi connectivity index (χ2v) is 6.55. The monoisotopic (exact) mass is 328 g/mol. The maximum absolute atomic E-state index is 12.2. The van der Waals surface area contributed by atoms with Crippen LogP contribution in [0.3, 0.4) is 0 Å². The van der Waals surface area contributed by atoms with Gasteiger partial charge >= 0.3 is 0 Å². The maximum atomic E-state index is 12.2. The minimum atomic E-state index is -3.83. The molecule has 4 N–H and O–H groups in total. The molecule has 1 aromatic heterocycles. The summed E-state index contributed by atoms with van der Waals surface area (Å²) in [4.78, 5) is 9.91. The Kier molecular flexibility index (Phi) is 4.53. The van der Waals surface area contributed by atoms with Crippen LogP contribution in [0, 0.1) is 10.1 Å². The molecule has 10 heteroatoms. The molecule has 2 aromatic rings. The number of nitrogens with zero attached hydrogens (tertiary/aromatic N) is 1. The van der Waals surface area contributed by atoms with E-state index in [9.17, 15) is 18.5 Å². The van der Waals surface area contributed by atoms with Gasteiger partial charge in [-0.05, 0) is 28.5 Å². The zero-order valence-corrected chi connectivity index (χ0v) is 12.3. The van der Waals surface area contributed by atoms with Crippen molar-refractivity contribution < 1.29 is 13.3 Å². The molecule has 8 nitrogen and oxygen atoms in total. The lowest BCUT2D eigenvalue weighted by Gasteiger charge is -2.10. The number of nitrogens with two attached hydrogens (primary N) is 1. The Morgan fingerprint density at radius 2 is 2.10 bits per heavy atom. The molecule has 112 valence electrons. The van der Waals surface area contributed by atoms with Crippen LogP contribution in [0.2, 0.25) is 0 Å². The SMILES string of the molecule is NNc1cc([N+](=O)[O-])ccc1S(=O)(=O)NCc1ccsc1. The number of thiophene rings is 1. The third-order valence-electron chi connectivity index (χ3n) is 2.67. The molecule has 0 radical (unpaired) electrons. The van der Waals surface area contributed by atoms with E-state index in [1.165, 1.54) is 11.3 Å². The van der Waals surface area contributed by atoms with Gasteiger partial charge in [0.05, 0.1) is 10.6 Å². The lowest BCUT2D eigenvalue weighted by Crippen LogP contribution is -2.25. The Balaban J connectivity index is 2.28. The first-order chi connectivity index (χ1) is 9.94. The zero-order chi connectivity index (χ0) is 15.5. The van der Waals surface area contributed by atoms with Crippen molar-refractivity contribution in [1.82, 2.24) is 4.72 Å². The van der Waals surface area contributed by atoms with Crippen LogP contribution in [0.5, 0.6) is 0 Å². The average molecular weight is 328 g/mol. The summed E-state index contributed by atoms with van der Waals surface area (Å²) in [6.07, 6.45) is 0. The molecule has 0 amide bonds. The normalized spacial score (nSPS) is 11.3. The first kappa shape index (κ1) is 15.4. The number of nitro benzene ring substituents is 1. The van der Waals surface area contributed by atoms with Crippen LogP contribution in [0.4, 0.5) is 11.4 Å². The molecule has 0 fully saturated rings. The highest BCUT2D eigenvalue weighted by molar-refractivity contribution is 7.89. The van der Waals surface area contributed by atoms with Gasteiger partial charge in [0, 0.05) is 18.7 Å². The highest BCUT2D eigenvalue weighted by Crippen LogP contribution is 2.25. The van der Waals surface area contributed by atoms with Crippen molar-refractivity contribution in [3.63, 3.8) is 0 Å². The van der Waals surface area contributed by atoms with Crippen LogP contribution in [-0.2, 0) is 16.6 Å². The Labute approximate surface area is 124 Å². The summed E-state index contributed by atoms with van der Waals surface area (Å²) in [5, 5.41) is 14.3. The highest BCUT2D eigenvalue weighted by atomic mass is 32.2. The van der Waals surface area contributed by atoms with E-state index in [1.807, 2.05) is 10.8 Å². The number of hydrazine groups is 1. The highest BCUT2D eigenvalue weighted by Gasteiger charge is 2.21. The molecule has 0 aliphatic carbocycles. The first-order valence-electron chi connectivity index (χ1n) is 5.70. The number of hydrogen-bond acceptors (Lipinski definition) is 7. The molecule has 0 atom stereocenters. The molecule has 0 saturated carbocycles. The molecule has 21 heavy (non-hydrogen) atoms. The number of hydrogen-bond donors (Lipinski definition) is 3. The Morgan fingerprint density at radius 3 is 2.67 bits per heavy atom. The third kappa shape index (κ3) is 3.55. The van der Waals surface area contributed by atoms with E-state index in [0.29, 0.717) is 0 Å². The smallest absolute Gasteiger partial charge is 0.271 e. The van der Waals surface area contributed by atoms with Gasteiger partial charge in [-0.3, -0.25) is 16.0 Å². The summed E-state index contributed by atoms with van der Waals surface area (Å²) < 4.78 is 26.8. The molecule has 0 unspecified atom stereocenters. The van der Waals surface area contributed by atoms with E-state index in [2.05, 4.69) is 10.1 Å². The summed E-state index contributed by atoms with van der Waals surface area (Å²) in [5.41, 5.74) is 2.71. The molecule has 0 aliphatic rings. The van der Waals surface area contributed by atoms with Crippen molar-refractivity contribution in [3.8, 4) is 0 Å². The van der Waals surface area contributed by atoms with Crippen molar-refractivity contribution in [2.45, 2.75) is 11.4 Å². The minimum Gasteiger partial charge on any atom is -0.323 e. The first-order valence-corrected chi connectivity index (χ1v) is 8.12. The van der Waals surface area contributed by atoms with Crippen LogP contribution in [-0.4, -0.2) is 13.3 Å². The van der Waals surface area contributed by atoms with Crippen LogP contribution in [0.1, 0.15) is 5.56 Å². The van der Waals surface area contributed by atoms with Crippen molar-refractivity contribution in [3.05, 3.63) is 50.7 Å². The van der Waals surface area contributed by atoms with Crippen molar-refractivity contribution >= 4 is 32.7 Å². The molecule has 2 rings (SSSR count). The van der Waals surface area contributed by atoms with Crippen LogP contribution >= 0.6 is 11.3 Å². The second-order valence-electron chi connectivity index (χ2n) is 4.04. The summed E-state index contributed by atoms with van der Waals surface area (Å²) in [7, 11) is -3.83. The number of anilines is 1. The van der Waals surface area contributed by atoms with Crippen LogP contribution in [0.25, 0.3) is 0 Å². The molecule has 0 spiro atoms. The van der Waals surface area contributed by atoms with E-state index in [4.69, 9.17) is 5.84 Å². The predicted octanol–water partition coefficient (Wildman–Crippen LogP) is 1.42. The number of benzene rings is 1. The van der Waals surface area contributed by atoms with E-state index >= 15 is 0 Å². The van der Waals surface area contributed by atoms with Gasteiger partial charge < -0.3 is 5.43 Å². The fraction of sp³-hybridized carbons (Fsp3) is 0.0909. The second kappa shape index (κ2) is 6.18. The molecular formula is C11H12N4O4S2. The Morgan fingerprint density at radius 1 is 1.33 bits per heavy atom. The third-order valence-corrected chi connectivity index (χ3v) is 4.86. The molecule has 0 bridgehead atoms. The topological polar surface area (TPSA) is 127 Å². The molecule has 1 aromatic carbocycles. The van der Waals surface area contributed by atoms with Crippen molar-refractivity contribution in [1.29, 1.82) is 0 Å². The molecule has 1 heterocycles. The number of nitrogen functional groups attached to an aromatic ring is 1. The number of nitrogens with one attached hydrogen (secondary N) is 2. The largest absolute Gasteiger partial charge is 0.323 e.